The summed E-state index contributed by atoms with van der Waals surface area (Å²) < 4.78 is 37.7. The summed E-state index contributed by atoms with van der Waals surface area (Å²) in [5, 5.41) is 3.05. The summed E-state index contributed by atoms with van der Waals surface area (Å²) in [6.45, 7) is 0. The van der Waals surface area contributed by atoms with Crippen LogP contribution in [-0.4, -0.2) is 12.0 Å². The molecule has 2 aromatic rings. The number of aromatic nitrogens is 1. The molecule has 2 nitrogen and oxygen atoms in total. The zero-order valence-electron chi connectivity index (χ0n) is 10.7. The molecular formula is C14H13F3N2S. The van der Waals surface area contributed by atoms with Crippen LogP contribution in [0.2, 0.25) is 0 Å². The van der Waals surface area contributed by atoms with Crippen molar-refractivity contribution in [3.63, 3.8) is 0 Å². The smallest absolute Gasteiger partial charge is 0.387 e. The van der Waals surface area contributed by atoms with Crippen molar-refractivity contribution in [2.75, 3.05) is 12.4 Å². The van der Waals surface area contributed by atoms with Gasteiger partial charge in [0.1, 0.15) is 5.69 Å². The van der Waals surface area contributed by atoms with E-state index in [1.807, 2.05) is 31.3 Å². The number of nitrogens with zero attached hydrogens (tertiary/aromatic N) is 1. The van der Waals surface area contributed by atoms with Crippen molar-refractivity contribution in [1.29, 1.82) is 0 Å². The third kappa shape index (κ3) is 3.66. The highest BCUT2D eigenvalue weighted by Crippen LogP contribution is 2.31. The maximum Gasteiger partial charge on any atom is 0.433 e. The summed E-state index contributed by atoms with van der Waals surface area (Å²) in [6, 6.07) is 11.6. The quantitative estimate of drug-likeness (QED) is 0.845. The highest BCUT2D eigenvalue weighted by atomic mass is 32.2. The van der Waals surface area contributed by atoms with Gasteiger partial charge in [0.2, 0.25) is 0 Å². The number of benzene rings is 1. The van der Waals surface area contributed by atoms with Gasteiger partial charge >= 0.3 is 6.18 Å². The maximum atomic E-state index is 12.6. The normalized spacial score (nSPS) is 11.4. The van der Waals surface area contributed by atoms with Crippen LogP contribution >= 0.6 is 11.8 Å². The molecule has 0 saturated heterocycles. The van der Waals surface area contributed by atoms with E-state index in [2.05, 4.69) is 10.3 Å². The lowest BCUT2D eigenvalue weighted by atomic mass is 10.3. The summed E-state index contributed by atoms with van der Waals surface area (Å²) in [5.41, 5.74) is 0.512. The third-order valence-electron chi connectivity index (χ3n) is 2.63. The number of rotatable bonds is 4. The number of thioether (sulfide) groups is 1. The second-order valence-corrected chi connectivity index (χ2v) is 5.06. The molecule has 0 atom stereocenters. The molecule has 0 aliphatic heterocycles. The third-order valence-corrected chi connectivity index (χ3v) is 3.74. The number of hydrogen-bond donors (Lipinski definition) is 1. The zero-order chi connectivity index (χ0) is 14.6. The van der Waals surface area contributed by atoms with Crippen LogP contribution in [0, 0.1) is 0 Å². The fourth-order valence-electron chi connectivity index (χ4n) is 1.67. The van der Waals surface area contributed by atoms with Crippen LogP contribution in [0.4, 0.5) is 18.9 Å². The fraction of sp³-hybridized carbons (Fsp3) is 0.214. The number of anilines is 1. The van der Waals surface area contributed by atoms with Gasteiger partial charge in [-0.1, -0.05) is 18.2 Å². The Balaban J connectivity index is 2.11. The first-order valence-electron chi connectivity index (χ1n) is 5.93. The van der Waals surface area contributed by atoms with Gasteiger partial charge in [0.05, 0.1) is 5.69 Å². The van der Waals surface area contributed by atoms with Gasteiger partial charge in [-0.25, -0.2) is 4.98 Å². The predicted molar refractivity (Wildman–Crippen MR) is 74.8 cm³/mol. The van der Waals surface area contributed by atoms with E-state index in [9.17, 15) is 13.2 Å². The predicted octanol–water partition coefficient (Wildman–Crippen LogP) is 4.43. The highest BCUT2D eigenvalue weighted by Gasteiger charge is 2.32. The van der Waals surface area contributed by atoms with Crippen molar-refractivity contribution in [3.05, 3.63) is 53.9 Å². The minimum Gasteiger partial charge on any atom is -0.387 e. The summed E-state index contributed by atoms with van der Waals surface area (Å²) in [6.07, 6.45) is -4.40. The average molecular weight is 298 g/mol. The molecule has 0 spiro atoms. The molecule has 1 aromatic heterocycles. The number of nitrogens with one attached hydrogen (secondary N) is 1. The Kier molecular flexibility index (Phi) is 4.54. The molecular weight excluding hydrogens is 285 g/mol. The minimum atomic E-state index is -4.40. The van der Waals surface area contributed by atoms with Crippen molar-refractivity contribution in [3.8, 4) is 0 Å². The molecule has 1 heterocycles. The van der Waals surface area contributed by atoms with Crippen molar-refractivity contribution in [2.24, 2.45) is 0 Å². The number of alkyl halides is 3. The Morgan fingerprint density at radius 3 is 2.55 bits per heavy atom. The van der Waals surface area contributed by atoms with Crippen LogP contribution < -0.4 is 5.32 Å². The van der Waals surface area contributed by atoms with Gasteiger partial charge in [0, 0.05) is 23.4 Å². The monoisotopic (exact) mass is 298 g/mol. The van der Waals surface area contributed by atoms with Crippen LogP contribution in [0.15, 0.2) is 47.4 Å². The van der Waals surface area contributed by atoms with E-state index in [4.69, 9.17) is 0 Å². The molecule has 0 fully saturated rings. The molecule has 0 amide bonds. The lowest BCUT2D eigenvalue weighted by molar-refractivity contribution is -0.141. The second-order valence-electron chi connectivity index (χ2n) is 4.05. The van der Waals surface area contributed by atoms with Crippen LogP contribution in [0.3, 0.4) is 0 Å². The number of pyridine rings is 1. The highest BCUT2D eigenvalue weighted by molar-refractivity contribution is 7.98. The van der Waals surface area contributed by atoms with Crippen LogP contribution in [0.5, 0.6) is 0 Å². The first-order valence-corrected chi connectivity index (χ1v) is 6.92. The lowest BCUT2D eigenvalue weighted by Crippen LogP contribution is -2.08. The molecule has 0 aliphatic carbocycles. The first kappa shape index (κ1) is 14.7. The lowest BCUT2D eigenvalue weighted by Gasteiger charge is -2.09. The summed E-state index contributed by atoms with van der Waals surface area (Å²) >= 11 is 1.45. The van der Waals surface area contributed by atoms with Crippen LogP contribution in [-0.2, 0) is 11.9 Å². The van der Waals surface area contributed by atoms with Crippen molar-refractivity contribution < 1.29 is 13.2 Å². The molecule has 0 radical (unpaired) electrons. The van der Waals surface area contributed by atoms with Gasteiger partial charge in [-0.2, -0.15) is 13.2 Å². The molecule has 1 aromatic carbocycles. The molecule has 1 N–H and O–H groups in total. The summed E-state index contributed by atoms with van der Waals surface area (Å²) in [5.74, 6) is 0.391. The van der Waals surface area contributed by atoms with E-state index in [0.29, 0.717) is 11.4 Å². The van der Waals surface area contributed by atoms with E-state index in [1.165, 1.54) is 17.8 Å². The van der Waals surface area contributed by atoms with Gasteiger partial charge in [-0.3, -0.25) is 0 Å². The maximum absolute atomic E-state index is 12.6. The van der Waals surface area contributed by atoms with Gasteiger partial charge in [-0.05, 0) is 24.3 Å². The zero-order valence-corrected chi connectivity index (χ0v) is 11.6. The average Bonchev–Trinajstić information content (AvgIpc) is 2.45. The van der Waals surface area contributed by atoms with E-state index in [0.717, 1.165) is 16.6 Å². The Hall–Kier alpha value is -1.69. The van der Waals surface area contributed by atoms with E-state index in [-0.39, 0.29) is 0 Å². The topological polar surface area (TPSA) is 24.9 Å². The molecule has 106 valence electrons. The summed E-state index contributed by atoms with van der Waals surface area (Å²) in [7, 11) is 1.81. The SMILES string of the molecule is CNc1ccccc1SCc1cccc(C(F)(F)F)n1. The number of halogens is 3. The van der Waals surface area contributed by atoms with Crippen molar-refractivity contribution in [2.45, 2.75) is 16.8 Å². The van der Waals surface area contributed by atoms with Gasteiger partial charge in [0.15, 0.2) is 0 Å². The van der Waals surface area contributed by atoms with Crippen molar-refractivity contribution in [1.82, 2.24) is 4.98 Å². The fourth-order valence-corrected chi connectivity index (χ4v) is 2.63. The van der Waals surface area contributed by atoms with Crippen LogP contribution in [0.25, 0.3) is 0 Å². The molecule has 0 saturated carbocycles. The molecule has 20 heavy (non-hydrogen) atoms. The Labute approximate surface area is 119 Å². The van der Waals surface area contributed by atoms with Crippen molar-refractivity contribution >= 4 is 17.4 Å². The number of hydrogen-bond acceptors (Lipinski definition) is 3. The van der Waals surface area contributed by atoms with E-state index < -0.39 is 11.9 Å². The second kappa shape index (κ2) is 6.17. The van der Waals surface area contributed by atoms with Gasteiger partial charge in [0.25, 0.3) is 0 Å². The van der Waals surface area contributed by atoms with Gasteiger partial charge < -0.3 is 5.32 Å². The molecule has 0 bridgehead atoms. The molecule has 0 unspecified atom stereocenters. The standard InChI is InChI=1S/C14H13F3N2S/c1-18-11-6-2-3-7-12(11)20-9-10-5-4-8-13(19-10)14(15,16)17/h2-8,18H,9H2,1H3. The molecule has 6 heteroatoms. The summed E-state index contributed by atoms with van der Waals surface area (Å²) in [4.78, 5) is 4.63. The van der Waals surface area contributed by atoms with E-state index in [1.54, 1.807) is 6.07 Å². The largest absolute Gasteiger partial charge is 0.433 e. The molecule has 0 aliphatic rings. The molecule has 2 rings (SSSR count). The Morgan fingerprint density at radius 2 is 1.85 bits per heavy atom. The Bertz CT molecular complexity index is 585. The van der Waals surface area contributed by atoms with Crippen LogP contribution in [0.1, 0.15) is 11.4 Å². The van der Waals surface area contributed by atoms with E-state index >= 15 is 0 Å². The first-order chi connectivity index (χ1) is 9.50. The Morgan fingerprint density at radius 1 is 1.10 bits per heavy atom. The minimum absolute atomic E-state index is 0.391. The number of para-hydroxylation sites is 1. The van der Waals surface area contributed by atoms with Gasteiger partial charge in [-0.15, -0.1) is 11.8 Å².